The van der Waals surface area contributed by atoms with E-state index in [-0.39, 0.29) is 5.41 Å². The van der Waals surface area contributed by atoms with Crippen molar-refractivity contribution in [2.45, 2.75) is 20.8 Å². The van der Waals surface area contributed by atoms with Gasteiger partial charge in [-0.15, -0.1) is 10.2 Å². The second-order valence-corrected chi connectivity index (χ2v) is 6.45. The molecular formula is C16H20N4OS. The number of nitrogens with one attached hydrogen (secondary N) is 2. The van der Waals surface area contributed by atoms with Gasteiger partial charge in [0.1, 0.15) is 5.75 Å². The van der Waals surface area contributed by atoms with E-state index in [0.717, 1.165) is 12.3 Å². The molecule has 2 N–H and O–H groups in total. The zero-order chi connectivity index (χ0) is 16.0. The third-order valence-corrected chi connectivity index (χ3v) is 2.87. The molecular weight excluding hydrogens is 296 g/mol. The molecule has 0 spiro atoms. The summed E-state index contributed by atoms with van der Waals surface area (Å²) in [4.78, 5) is 0. The van der Waals surface area contributed by atoms with Crippen LogP contribution in [-0.2, 0) is 0 Å². The van der Waals surface area contributed by atoms with Crippen LogP contribution in [0.25, 0.3) is 0 Å². The number of ether oxygens (including phenoxy) is 1. The first-order chi connectivity index (χ1) is 10.4. The van der Waals surface area contributed by atoms with Crippen molar-refractivity contribution < 1.29 is 4.74 Å². The molecule has 0 saturated heterocycles. The van der Waals surface area contributed by atoms with Crippen molar-refractivity contribution in [1.82, 2.24) is 15.5 Å². The minimum absolute atomic E-state index is 0.158. The lowest BCUT2D eigenvalue weighted by molar-refractivity contribution is 0.409. The molecule has 2 rings (SSSR count). The van der Waals surface area contributed by atoms with Crippen molar-refractivity contribution in [2.24, 2.45) is 5.41 Å². The normalized spacial score (nSPS) is 10.9. The fourth-order valence-electron chi connectivity index (χ4n) is 1.56. The molecule has 0 saturated carbocycles. The molecule has 0 atom stereocenters. The average molecular weight is 316 g/mol. The van der Waals surface area contributed by atoms with Gasteiger partial charge in [0, 0.05) is 12.6 Å². The lowest BCUT2D eigenvalue weighted by atomic mass is 9.97. The van der Waals surface area contributed by atoms with Gasteiger partial charge in [-0.3, -0.25) is 0 Å². The molecule has 0 fully saturated rings. The van der Waals surface area contributed by atoms with Gasteiger partial charge in [-0.1, -0.05) is 39.0 Å². The molecule has 116 valence electrons. The number of thiocarbonyl (C=S) groups is 1. The zero-order valence-corrected chi connectivity index (χ0v) is 13.8. The molecule has 0 amide bonds. The summed E-state index contributed by atoms with van der Waals surface area (Å²) in [5, 5.41) is 14.7. The number of rotatable bonds is 4. The third kappa shape index (κ3) is 5.65. The maximum absolute atomic E-state index is 5.58. The predicted molar refractivity (Wildman–Crippen MR) is 92.2 cm³/mol. The second-order valence-electron chi connectivity index (χ2n) is 6.04. The highest BCUT2D eigenvalue weighted by Crippen LogP contribution is 2.18. The Morgan fingerprint density at radius 1 is 1.09 bits per heavy atom. The molecule has 22 heavy (non-hydrogen) atoms. The van der Waals surface area contributed by atoms with Gasteiger partial charge in [0.25, 0.3) is 0 Å². The Kier molecular flexibility index (Phi) is 5.27. The molecule has 1 heterocycles. The number of aromatic nitrogens is 2. The van der Waals surface area contributed by atoms with Gasteiger partial charge in [0.05, 0.1) is 0 Å². The summed E-state index contributed by atoms with van der Waals surface area (Å²) in [5.41, 5.74) is 0.158. The van der Waals surface area contributed by atoms with Gasteiger partial charge in [0.2, 0.25) is 5.88 Å². The summed E-state index contributed by atoms with van der Waals surface area (Å²) in [7, 11) is 0. The largest absolute Gasteiger partial charge is 0.438 e. The number of anilines is 1. The molecule has 5 nitrogen and oxygen atoms in total. The smallest absolute Gasteiger partial charge is 0.238 e. The van der Waals surface area contributed by atoms with Crippen molar-refractivity contribution in [3.8, 4) is 11.6 Å². The van der Waals surface area contributed by atoms with Crippen LogP contribution in [0.5, 0.6) is 11.6 Å². The fourth-order valence-corrected chi connectivity index (χ4v) is 1.73. The minimum atomic E-state index is 0.158. The van der Waals surface area contributed by atoms with E-state index >= 15 is 0 Å². The van der Waals surface area contributed by atoms with Crippen LogP contribution in [0.2, 0.25) is 0 Å². The summed E-state index contributed by atoms with van der Waals surface area (Å²) >= 11 is 5.22. The van der Waals surface area contributed by atoms with Gasteiger partial charge in [-0.05, 0) is 35.8 Å². The summed E-state index contributed by atoms with van der Waals surface area (Å²) < 4.78 is 5.58. The summed E-state index contributed by atoms with van der Waals surface area (Å²) in [6, 6.07) is 13.0. The molecule has 0 bridgehead atoms. The quantitative estimate of drug-likeness (QED) is 0.841. The highest BCUT2D eigenvalue weighted by molar-refractivity contribution is 7.80. The van der Waals surface area contributed by atoms with E-state index in [1.165, 1.54) is 0 Å². The number of para-hydroxylation sites is 1. The molecule has 1 aromatic carbocycles. The number of benzene rings is 1. The first-order valence-electron chi connectivity index (χ1n) is 7.04. The topological polar surface area (TPSA) is 59.1 Å². The molecule has 6 heteroatoms. The highest BCUT2D eigenvalue weighted by Gasteiger charge is 2.10. The van der Waals surface area contributed by atoms with E-state index in [4.69, 9.17) is 17.0 Å². The van der Waals surface area contributed by atoms with Gasteiger partial charge >= 0.3 is 0 Å². The van der Waals surface area contributed by atoms with Crippen LogP contribution >= 0.6 is 12.2 Å². The van der Waals surface area contributed by atoms with Crippen LogP contribution in [0.3, 0.4) is 0 Å². The van der Waals surface area contributed by atoms with E-state index in [1.54, 1.807) is 12.1 Å². The van der Waals surface area contributed by atoms with Crippen molar-refractivity contribution in [3.05, 3.63) is 42.5 Å². The third-order valence-electron chi connectivity index (χ3n) is 2.63. The van der Waals surface area contributed by atoms with E-state index in [1.807, 2.05) is 30.3 Å². The predicted octanol–water partition coefficient (Wildman–Crippen LogP) is 3.60. The highest BCUT2D eigenvalue weighted by atomic mass is 32.1. The van der Waals surface area contributed by atoms with E-state index < -0.39 is 0 Å². The summed E-state index contributed by atoms with van der Waals surface area (Å²) in [6.45, 7) is 7.19. The van der Waals surface area contributed by atoms with E-state index in [0.29, 0.717) is 16.8 Å². The van der Waals surface area contributed by atoms with Gasteiger partial charge < -0.3 is 15.4 Å². The fraction of sp³-hybridized carbons (Fsp3) is 0.312. The number of hydrogen-bond acceptors (Lipinski definition) is 4. The van der Waals surface area contributed by atoms with Crippen molar-refractivity contribution in [2.75, 3.05) is 11.9 Å². The van der Waals surface area contributed by atoms with Crippen LogP contribution in [-0.4, -0.2) is 21.9 Å². The Morgan fingerprint density at radius 3 is 2.41 bits per heavy atom. The molecule has 0 aliphatic heterocycles. The molecule has 0 aliphatic rings. The number of hydrogen-bond donors (Lipinski definition) is 2. The maximum Gasteiger partial charge on any atom is 0.238 e. The van der Waals surface area contributed by atoms with Crippen LogP contribution in [0.15, 0.2) is 42.5 Å². The second kappa shape index (κ2) is 7.17. The Bertz CT molecular complexity index is 608. The maximum atomic E-state index is 5.58. The molecule has 0 unspecified atom stereocenters. The lowest BCUT2D eigenvalue weighted by Crippen LogP contribution is -2.35. The van der Waals surface area contributed by atoms with Crippen LogP contribution < -0.4 is 15.4 Å². The van der Waals surface area contributed by atoms with Crippen molar-refractivity contribution in [1.29, 1.82) is 0 Å². The summed E-state index contributed by atoms with van der Waals surface area (Å²) in [6.07, 6.45) is 0. The first kappa shape index (κ1) is 16.2. The van der Waals surface area contributed by atoms with Gasteiger partial charge in [-0.2, -0.15) is 0 Å². The molecule has 2 aromatic rings. The monoisotopic (exact) mass is 316 g/mol. The van der Waals surface area contributed by atoms with E-state index in [9.17, 15) is 0 Å². The van der Waals surface area contributed by atoms with Crippen LogP contribution in [0, 0.1) is 5.41 Å². The van der Waals surface area contributed by atoms with Crippen molar-refractivity contribution in [3.63, 3.8) is 0 Å². The Labute approximate surface area is 136 Å². The van der Waals surface area contributed by atoms with E-state index in [2.05, 4.69) is 41.6 Å². The van der Waals surface area contributed by atoms with Gasteiger partial charge in [0.15, 0.2) is 10.9 Å². The van der Waals surface area contributed by atoms with Crippen LogP contribution in [0.1, 0.15) is 20.8 Å². The zero-order valence-electron chi connectivity index (χ0n) is 13.0. The first-order valence-corrected chi connectivity index (χ1v) is 7.45. The van der Waals surface area contributed by atoms with Crippen molar-refractivity contribution >= 4 is 23.1 Å². The SMILES string of the molecule is CC(C)(C)CNC(=S)Nc1ccc(Oc2ccccc2)nn1. The summed E-state index contributed by atoms with van der Waals surface area (Å²) in [5.74, 6) is 1.73. The molecule has 1 aromatic heterocycles. The Morgan fingerprint density at radius 2 is 1.82 bits per heavy atom. The number of nitrogens with zero attached hydrogens (tertiary/aromatic N) is 2. The average Bonchev–Trinajstić information content (AvgIpc) is 2.48. The standard InChI is InChI=1S/C16H20N4OS/c1-16(2,3)11-17-15(22)18-13-9-10-14(20-19-13)21-12-7-5-4-6-8-12/h4-10H,11H2,1-3H3,(H2,17,18,19,22). The minimum Gasteiger partial charge on any atom is -0.438 e. The Hall–Kier alpha value is -2.21. The lowest BCUT2D eigenvalue weighted by Gasteiger charge is -2.20. The Balaban J connectivity index is 1.88. The molecule has 0 aliphatic carbocycles. The molecule has 0 radical (unpaired) electrons. The van der Waals surface area contributed by atoms with Crippen LogP contribution in [0.4, 0.5) is 5.82 Å². The van der Waals surface area contributed by atoms with Gasteiger partial charge in [-0.25, -0.2) is 0 Å².